The van der Waals surface area contributed by atoms with Crippen molar-refractivity contribution in [2.45, 2.75) is 0 Å². The Morgan fingerprint density at radius 2 is 1.45 bits per heavy atom. The zero-order valence-corrected chi connectivity index (χ0v) is 19.3. The predicted molar refractivity (Wildman–Crippen MR) is 113 cm³/mol. The van der Waals surface area contributed by atoms with Crippen molar-refractivity contribution in [3.8, 4) is 22.6 Å². The maximum absolute atomic E-state index is 13.2. The number of benzene rings is 2. The van der Waals surface area contributed by atoms with E-state index < -0.39 is 11.6 Å². The van der Waals surface area contributed by atoms with Crippen molar-refractivity contribution in [3.05, 3.63) is 122 Å². The van der Waals surface area contributed by atoms with Crippen LogP contribution < -0.4 is 0 Å². The summed E-state index contributed by atoms with van der Waals surface area (Å²) in [5, 5.41) is 14.6. The second kappa shape index (κ2) is 12.8. The molecule has 0 aliphatic carbocycles. The van der Waals surface area contributed by atoms with Gasteiger partial charge in [0.15, 0.2) is 0 Å². The Labute approximate surface area is 203 Å². The molecular formula is C24H15F2IrN6. The molecular weight excluding hydrogens is 603 g/mol. The van der Waals surface area contributed by atoms with Crippen LogP contribution in [0, 0.1) is 35.6 Å². The van der Waals surface area contributed by atoms with Gasteiger partial charge in [-0.15, -0.1) is 30.3 Å². The monoisotopic (exact) mass is 618 g/mol. The molecule has 0 amide bonds. The number of hydrogen-bond acceptors (Lipinski definition) is 4. The van der Waals surface area contributed by atoms with Gasteiger partial charge in [0.2, 0.25) is 0 Å². The van der Waals surface area contributed by atoms with Gasteiger partial charge in [0.25, 0.3) is 0 Å². The number of halogens is 2. The molecule has 0 aliphatic heterocycles. The van der Waals surface area contributed by atoms with Crippen LogP contribution >= 0.6 is 0 Å². The summed E-state index contributed by atoms with van der Waals surface area (Å²) in [5.41, 5.74) is 2.44. The van der Waals surface area contributed by atoms with Crippen LogP contribution in [-0.2, 0) is 20.1 Å². The summed E-state index contributed by atoms with van der Waals surface area (Å²) in [7, 11) is 0. The molecule has 0 spiro atoms. The summed E-state index contributed by atoms with van der Waals surface area (Å²) in [6, 6.07) is 22.4. The van der Waals surface area contributed by atoms with E-state index in [0.717, 1.165) is 23.5 Å². The van der Waals surface area contributed by atoms with E-state index in [1.165, 1.54) is 0 Å². The van der Waals surface area contributed by atoms with Crippen molar-refractivity contribution in [3.63, 3.8) is 0 Å². The van der Waals surface area contributed by atoms with Crippen LogP contribution in [-0.4, -0.2) is 24.5 Å². The SMILES string of the molecule is Fc1c[c-]c(-c2ccccn2)c(F)c1.[C-]#N.[Ir+3].[c-]1c(-n2cccn2)cccc1-n1cccn1. The van der Waals surface area contributed by atoms with Gasteiger partial charge in [-0.1, -0.05) is 23.8 Å². The minimum atomic E-state index is -0.649. The van der Waals surface area contributed by atoms with E-state index in [1.54, 1.807) is 46.2 Å². The Morgan fingerprint density at radius 1 is 0.818 bits per heavy atom. The molecule has 0 aliphatic rings. The summed E-state index contributed by atoms with van der Waals surface area (Å²) in [4.78, 5) is 3.95. The van der Waals surface area contributed by atoms with Gasteiger partial charge in [-0.3, -0.25) is 18.1 Å². The van der Waals surface area contributed by atoms with Crippen molar-refractivity contribution in [1.82, 2.24) is 24.5 Å². The minimum Gasteiger partial charge on any atom is -0.512 e. The molecule has 0 unspecified atom stereocenters. The number of pyridine rings is 1. The Morgan fingerprint density at radius 3 is 1.94 bits per heavy atom. The van der Waals surface area contributed by atoms with Crippen LogP contribution in [0.2, 0.25) is 0 Å². The van der Waals surface area contributed by atoms with E-state index in [2.05, 4.69) is 27.3 Å². The zero-order valence-electron chi connectivity index (χ0n) is 16.9. The molecule has 164 valence electrons. The van der Waals surface area contributed by atoms with Crippen LogP contribution in [0.1, 0.15) is 0 Å². The molecule has 0 fully saturated rings. The van der Waals surface area contributed by atoms with Gasteiger partial charge in [0.05, 0.1) is 0 Å². The van der Waals surface area contributed by atoms with Gasteiger partial charge in [0.1, 0.15) is 0 Å². The van der Waals surface area contributed by atoms with Crippen molar-refractivity contribution in [2.24, 2.45) is 0 Å². The Bertz CT molecular complexity index is 1210. The molecule has 0 bridgehead atoms. The molecule has 0 radical (unpaired) electrons. The molecule has 9 heteroatoms. The molecule has 3 heterocycles. The van der Waals surface area contributed by atoms with E-state index in [9.17, 15) is 8.78 Å². The average Bonchev–Trinajstić information content (AvgIpc) is 3.56. The Balaban J connectivity index is 0.000000213. The summed E-state index contributed by atoms with van der Waals surface area (Å²) >= 11 is 0. The normalized spacial score (nSPS) is 9.45. The standard InChI is InChI=1S/C12H9N4.C11H6F2N.CN.Ir/c1-4-11(15-8-2-6-13-15)10-12(5-1)16-9-3-7-14-16;12-8-4-5-9(10(13)7-8)11-3-1-2-6-14-11;1-2;/h1-9H;1-4,6-7H;;/q3*-1;+3. The third-order valence-corrected chi connectivity index (χ3v) is 4.05. The van der Waals surface area contributed by atoms with Crippen molar-refractivity contribution >= 4 is 0 Å². The van der Waals surface area contributed by atoms with E-state index in [0.29, 0.717) is 5.69 Å². The Hall–Kier alpha value is -3.99. The van der Waals surface area contributed by atoms with Crippen LogP contribution in [0.3, 0.4) is 0 Å². The van der Waals surface area contributed by atoms with E-state index in [1.807, 2.05) is 42.7 Å². The third-order valence-electron chi connectivity index (χ3n) is 4.05. The summed E-state index contributed by atoms with van der Waals surface area (Å²) < 4.78 is 29.3. The van der Waals surface area contributed by atoms with Gasteiger partial charge in [0, 0.05) is 42.6 Å². The molecule has 0 atom stereocenters. The van der Waals surface area contributed by atoms with E-state index >= 15 is 0 Å². The predicted octanol–water partition coefficient (Wildman–Crippen LogP) is 4.78. The molecule has 2 aromatic carbocycles. The maximum atomic E-state index is 13.2. The number of rotatable bonds is 3. The molecule has 3 aromatic heterocycles. The van der Waals surface area contributed by atoms with Gasteiger partial charge in [-0.25, -0.2) is 0 Å². The van der Waals surface area contributed by atoms with Crippen molar-refractivity contribution in [1.29, 1.82) is 5.26 Å². The largest absolute Gasteiger partial charge is 3.00 e. The van der Waals surface area contributed by atoms with Crippen LogP contribution in [0.25, 0.3) is 22.6 Å². The molecule has 33 heavy (non-hydrogen) atoms. The first-order chi connectivity index (χ1) is 15.7. The summed E-state index contributed by atoms with van der Waals surface area (Å²) in [6.45, 7) is 4.75. The van der Waals surface area contributed by atoms with Crippen LogP contribution in [0.15, 0.2) is 91.6 Å². The maximum Gasteiger partial charge on any atom is 3.00 e. The summed E-state index contributed by atoms with van der Waals surface area (Å²) in [5.74, 6) is -1.29. The molecule has 6 nitrogen and oxygen atoms in total. The van der Waals surface area contributed by atoms with E-state index in [4.69, 9.17) is 11.8 Å². The molecule has 5 rings (SSSR count). The van der Waals surface area contributed by atoms with Gasteiger partial charge < -0.3 is 16.8 Å². The quantitative estimate of drug-likeness (QED) is 0.274. The first-order valence-electron chi connectivity index (χ1n) is 9.23. The molecule has 0 saturated carbocycles. The molecule has 0 N–H and O–H groups in total. The fourth-order valence-corrected chi connectivity index (χ4v) is 2.69. The van der Waals surface area contributed by atoms with Gasteiger partial charge in [-0.05, 0) is 35.3 Å². The number of aromatic nitrogens is 5. The minimum absolute atomic E-state index is 0. The second-order valence-electron chi connectivity index (χ2n) is 6.08. The first kappa shape index (κ1) is 25.3. The number of hydrogen-bond donors (Lipinski definition) is 0. The fraction of sp³-hybridized carbons (Fsp3) is 0. The number of nitrogens with zero attached hydrogens (tertiary/aromatic N) is 6. The van der Waals surface area contributed by atoms with Gasteiger partial charge >= 0.3 is 20.1 Å². The van der Waals surface area contributed by atoms with Crippen molar-refractivity contribution in [2.75, 3.05) is 0 Å². The van der Waals surface area contributed by atoms with Crippen molar-refractivity contribution < 1.29 is 28.9 Å². The Kier molecular flexibility index (Phi) is 9.78. The van der Waals surface area contributed by atoms with Crippen LogP contribution in [0.5, 0.6) is 0 Å². The fourth-order valence-electron chi connectivity index (χ4n) is 2.69. The van der Waals surface area contributed by atoms with E-state index in [-0.39, 0.29) is 25.7 Å². The molecule has 0 saturated heterocycles. The topological polar surface area (TPSA) is 72.3 Å². The summed E-state index contributed by atoms with van der Waals surface area (Å²) in [6.07, 6.45) is 8.81. The third kappa shape index (κ3) is 6.74. The second-order valence-corrected chi connectivity index (χ2v) is 6.08. The smallest absolute Gasteiger partial charge is 0.512 e. The zero-order chi connectivity index (χ0) is 22.8. The average molecular weight is 618 g/mol. The van der Waals surface area contributed by atoms with Gasteiger partial charge in [-0.2, -0.15) is 16.3 Å². The molecule has 5 aromatic rings. The van der Waals surface area contributed by atoms with Crippen LogP contribution in [0.4, 0.5) is 8.78 Å². The first-order valence-corrected chi connectivity index (χ1v) is 9.23.